The molecule has 0 amide bonds. The minimum absolute atomic E-state index is 0.0121. The summed E-state index contributed by atoms with van der Waals surface area (Å²) in [6.07, 6.45) is 0. The van der Waals surface area contributed by atoms with Crippen LogP contribution in [0.1, 0.15) is 31.8 Å². The SMILES string of the molecule is O=C1c2cc(O)ccc2C(=O)c2c(O)c([N+](=O)[O-])cc(Nc3ccccc3)c21. The number of anilines is 2. The Morgan fingerprint density at radius 2 is 1.54 bits per heavy atom. The number of nitrogens with zero attached hydrogens (tertiary/aromatic N) is 1. The van der Waals surface area contributed by atoms with E-state index < -0.39 is 33.5 Å². The number of hydrogen-bond donors (Lipinski definition) is 3. The summed E-state index contributed by atoms with van der Waals surface area (Å²) in [5.74, 6) is -2.44. The van der Waals surface area contributed by atoms with Crippen LogP contribution in [0.2, 0.25) is 0 Å². The molecule has 8 nitrogen and oxygen atoms in total. The molecule has 0 fully saturated rings. The first kappa shape index (κ1) is 17.2. The predicted molar refractivity (Wildman–Crippen MR) is 99.5 cm³/mol. The average Bonchev–Trinajstić information content (AvgIpc) is 2.67. The van der Waals surface area contributed by atoms with Gasteiger partial charge in [0.25, 0.3) is 0 Å². The maximum atomic E-state index is 13.1. The fraction of sp³-hybridized carbons (Fsp3) is 0. The lowest BCUT2D eigenvalue weighted by Crippen LogP contribution is -2.22. The van der Waals surface area contributed by atoms with E-state index in [0.717, 1.165) is 12.1 Å². The Morgan fingerprint density at radius 1 is 0.857 bits per heavy atom. The fourth-order valence-corrected chi connectivity index (χ4v) is 3.22. The molecule has 1 aliphatic carbocycles. The molecule has 28 heavy (non-hydrogen) atoms. The molecular formula is C20H12N2O6. The van der Waals surface area contributed by atoms with Crippen LogP contribution < -0.4 is 5.32 Å². The second-order valence-electron chi connectivity index (χ2n) is 6.18. The Hall–Kier alpha value is -4.20. The summed E-state index contributed by atoms with van der Waals surface area (Å²) in [6, 6.07) is 13.2. The lowest BCUT2D eigenvalue weighted by atomic mass is 9.82. The topological polar surface area (TPSA) is 130 Å². The number of benzene rings is 3. The lowest BCUT2D eigenvalue weighted by molar-refractivity contribution is -0.385. The van der Waals surface area contributed by atoms with Crippen molar-refractivity contribution in [3.8, 4) is 11.5 Å². The van der Waals surface area contributed by atoms with E-state index >= 15 is 0 Å². The van der Waals surface area contributed by atoms with Crippen molar-refractivity contribution in [1.82, 2.24) is 0 Å². The minimum atomic E-state index is -0.865. The monoisotopic (exact) mass is 376 g/mol. The predicted octanol–water partition coefficient (Wildman–Crippen LogP) is 3.53. The molecule has 0 spiro atoms. The molecule has 3 N–H and O–H groups in total. The normalized spacial score (nSPS) is 12.3. The van der Waals surface area contributed by atoms with Crippen LogP contribution in [0, 0.1) is 10.1 Å². The van der Waals surface area contributed by atoms with Crippen LogP contribution in [0.15, 0.2) is 54.6 Å². The number of phenolic OH excluding ortho intramolecular Hbond substituents is 2. The van der Waals surface area contributed by atoms with Gasteiger partial charge in [-0.2, -0.15) is 0 Å². The number of ketones is 2. The van der Waals surface area contributed by atoms with Gasteiger partial charge in [-0.1, -0.05) is 18.2 Å². The van der Waals surface area contributed by atoms with E-state index in [4.69, 9.17) is 0 Å². The Bertz CT molecular complexity index is 1170. The summed E-state index contributed by atoms with van der Waals surface area (Å²) in [5, 5.41) is 34.3. The van der Waals surface area contributed by atoms with Crippen LogP contribution in [0.25, 0.3) is 0 Å². The molecule has 8 heteroatoms. The number of carbonyl (C=O) groups excluding carboxylic acids is 2. The molecule has 0 unspecified atom stereocenters. The highest BCUT2D eigenvalue weighted by molar-refractivity contribution is 6.31. The van der Waals surface area contributed by atoms with Crippen molar-refractivity contribution in [1.29, 1.82) is 0 Å². The smallest absolute Gasteiger partial charge is 0.313 e. The van der Waals surface area contributed by atoms with Crippen molar-refractivity contribution in [2.24, 2.45) is 0 Å². The van der Waals surface area contributed by atoms with E-state index in [1.165, 1.54) is 12.1 Å². The van der Waals surface area contributed by atoms with Crippen LogP contribution >= 0.6 is 0 Å². The van der Waals surface area contributed by atoms with Crippen molar-refractivity contribution < 1.29 is 24.7 Å². The number of hydrogen-bond acceptors (Lipinski definition) is 7. The molecule has 4 rings (SSSR count). The molecule has 0 bridgehead atoms. The molecule has 1 aliphatic rings. The third-order valence-electron chi connectivity index (χ3n) is 4.48. The average molecular weight is 376 g/mol. The molecule has 3 aromatic rings. The highest BCUT2D eigenvalue weighted by atomic mass is 16.6. The number of para-hydroxylation sites is 1. The molecule has 0 heterocycles. The van der Waals surface area contributed by atoms with E-state index in [2.05, 4.69) is 5.32 Å². The Labute approximate surface area is 157 Å². The maximum Gasteiger partial charge on any atom is 0.313 e. The first-order valence-electron chi connectivity index (χ1n) is 8.17. The number of fused-ring (bicyclic) bond motifs is 2. The van der Waals surface area contributed by atoms with Crippen LogP contribution in [-0.2, 0) is 0 Å². The number of nitrogens with one attached hydrogen (secondary N) is 1. The van der Waals surface area contributed by atoms with Gasteiger partial charge in [0.2, 0.25) is 5.75 Å². The number of phenols is 2. The number of aromatic hydroxyl groups is 2. The van der Waals surface area contributed by atoms with Crippen molar-refractivity contribution >= 4 is 28.6 Å². The van der Waals surface area contributed by atoms with Crippen molar-refractivity contribution in [2.75, 3.05) is 5.32 Å². The second-order valence-corrected chi connectivity index (χ2v) is 6.18. The van der Waals surface area contributed by atoms with Crippen LogP contribution in [-0.4, -0.2) is 26.7 Å². The highest BCUT2D eigenvalue weighted by Crippen LogP contribution is 2.43. The third kappa shape index (κ3) is 2.55. The second kappa shape index (κ2) is 6.20. The highest BCUT2D eigenvalue weighted by Gasteiger charge is 2.38. The van der Waals surface area contributed by atoms with E-state index in [-0.39, 0.29) is 28.1 Å². The van der Waals surface area contributed by atoms with Gasteiger partial charge in [0.05, 0.1) is 21.7 Å². The zero-order chi connectivity index (χ0) is 20.0. The van der Waals surface area contributed by atoms with Gasteiger partial charge < -0.3 is 15.5 Å². The van der Waals surface area contributed by atoms with Gasteiger partial charge in [0.1, 0.15) is 5.75 Å². The zero-order valence-corrected chi connectivity index (χ0v) is 14.2. The van der Waals surface area contributed by atoms with Gasteiger partial charge in [0.15, 0.2) is 11.6 Å². The molecular weight excluding hydrogens is 364 g/mol. The molecule has 0 aromatic heterocycles. The summed E-state index contributed by atoms with van der Waals surface area (Å²) < 4.78 is 0. The zero-order valence-electron chi connectivity index (χ0n) is 14.2. The molecule has 0 radical (unpaired) electrons. The van der Waals surface area contributed by atoms with Crippen LogP contribution in [0.4, 0.5) is 17.1 Å². The number of rotatable bonds is 3. The minimum Gasteiger partial charge on any atom is -0.508 e. The molecule has 0 atom stereocenters. The van der Waals surface area contributed by atoms with Gasteiger partial charge in [-0.25, -0.2) is 0 Å². The van der Waals surface area contributed by atoms with E-state index in [1.54, 1.807) is 30.3 Å². The quantitative estimate of drug-likeness (QED) is 0.283. The Morgan fingerprint density at radius 3 is 2.21 bits per heavy atom. The summed E-state index contributed by atoms with van der Waals surface area (Å²) >= 11 is 0. The maximum absolute atomic E-state index is 13.1. The summed E-state index contributed by atoms with van der Waals surface area (Å²) in [4.78, 5) is 36.5. The fourth-order valence-electron chi connectivity index (χ4n) is 3.22. The summed E-state index contributed by atoms with van der Waals surface area (Å²) in [6.45, 7) is 0. The van der Waals surface area contributed by atoms with E-state index in [0.29, 0.717) is 5.69 Å². The van der Waals surface area contributed by atoms with Crippen LogP contribution in [0.3, 0.4) is 0 Å². The van der Waals surface area contributed by atoms with Gasteiger partial charge in [-0.05, 0) is 30.3 Å². The third-order valence-corrected chi connectivity index (χ3v) is 4.48. The first-order valence-corrected chi connectivity index (χ1v) is 8.17. The Kier molecular flexibility index (Phi) is 3.82. The molecule has 0 saturated heterocycles. The standard InChI is InChI=1S/C20H12N2O6/c23-11-6-7-12-13(8-11)19(25)16-14(21-10-4-2-1-3-5-10)9-15(22(27)28)20(26)17(16)18(12)24/h1-9,21,23,26H. The molecule has 0 aliphatic heterocycles. The van der Waals surface area contributed by atoms with Crippen LogP contribution in [0.5, 0.6) is 11.5 Å². The molecule has 138 valence electrons. The summed E-state index contributed by atoms with van der Waals surface area (Å²) in [5.41, 5.74) is -0.852. The van der Waals surface area contributed by atoms with Crippen molar-refractivity contribution in [2.45, 2.75) is 0 Å². The van der Waals surface area contributed by atoms with Gasteiger partial charge in [-0.3, -0.25) is 19.7 Å². The first-order chi connectivity index (χ1) is 13.4. The summed E-state index contributed by atoms with van der Waals surface area (Å²) in [7, 11) is 0. The molecule has 3 aromatic carbocycles. The van der Waals surface area contributed by atoms with Gasteiger partial charge in [0, 0.05) is 22.9 Å². The van der Waals surface area contributed by atoms with Gasteiger partial charge >= 0.3 is 5.69 Å². The lowest BCUT2D eigenvalue weighted by Gasteiger charge is -2.22. The van der Waals surface area contributed by atoms with Gasteiger partial charge in [-0.15, -0.1) is 0 Å². The number of nitro benzene ring substituents is 1. The van der Waals surface area contributed by atoms with E-state index in [1.807, 2.05) is 0 Å². The van der Waals surface area contributed by atoms with Crippen molar-refractivity contribution in [3.63, 3.8) is 0 Å². The number of nitro groups is 1. The van der Waals surface area contributed by atoms with E-state index in [9.17, 15) is 29.9 Å². The van der Waals surface area contributed by atoms with Crippen molar-refractivity contribution in [3.05, 3.63) is 87.0 Å². The Balaban J connectivity index is 2.01. The molecule has 0 saturated carbocycles. The number of carbonyl (C=O) groups is 2. The largest absolute Gasteiger partial charge is 0.508 e.